The number of rotatable bonds is 6. The monoisotopic (exact) mass is 445 g/mol. The lowest BCUT2D eigenvalue weighted by Crippen LogP contribution is -2.14. The van der Waals surface area contributed by atoms with E-state index in [-0.39, 0.29) is 17.3 Å². The molecule has 3 aromatic rings. The predicted molar refractivity (Wildman–Crippen MR) is 118 cm³/mol. The third kappa shape index (κ3) is 5.64. The fourth-order valence-corrected chi connectivity index (χ4v) is 2.96. The van der Waals surface area contributed by atoms with Crippen molar-refractivity contribution in [1.29, 1.82) is 0 Å². The van der Waals surface area contributed by atoms with Gasteiger partial charge in [0.2, 0.25) is 0 Å². The minimum absolute atomic E-state index is 0.131. The van der Waals surface area contributed by atoms with E-state index in [1.54, 1.807) is 56.6 Å². The summed E-state index contributed by atoms with van der Waals surface area (Å²) in [5, 5.41) is 3.44. The van der Waals surface area contributed by atoms with Gasteiger partial charge in [0, 0.05) is 37.5 Å². The molecule has 0 aliphatic carbocycles. The van der Waals surface area contributed by atoms with Crippen LogP contribution in [0.1, 0.15) is 15.9 Å². The van der Waals surface area contributed by atoms with Crippen LogP contribution in [0.5, 0.6) is 0 Å². The van der Waals surface area contributed by atoms with Crippen molar-refractivity contribution < 1.29 is 18.0 Å². The van der Waals surface area contributed by atoms with Crippen LogP contribution in [-0.2, 0) is 6.18 Å². The fraction of sp³-hybridized carbons (Fsp3) is 0.130. The Kier molecular flexibility index (Phi) is 6.65. The van der Waals surface area contributed by atoms with E-state index < -0.39 is 11.7 Å². The molecule has 4 nitrogen and oxygen atoms in total. The van der Waals surface area contributed by atoms with Gasteiger partial charge in [0.15, 0.2) is 5.78 Å². The lowest BCUT2D eigenvalue weighted by molar-refractivity contribution is -0.137. The van der Waals surface area contributed by atoms with Crippen molar-refractivity contribution in [3.63, 3.8) is 0 Å². The minimum atomic E-state index is -4.51. The average molecular weight is 446 g/mol. The van der Waals surface area contributed by atoms with Crippen molar-refractivity contribution in [1.82, 2.24) is 4.98 Å². The van der Waals surface area contributed by atoms with Crippen LogP contribution in [0.25, 0.3) is 11.3 Å². The second-order valence-corrected chi connectivity index (χ2v) is 7.30. The van der Waals surface area contributed by atoms with Gasteiger partial charge in [-0.25, -0.2) is 4.98 Å². The maximum atomic E-state index is 13.3. The first-order valence-corrected chi connectivity index (χ1v) is 9.62. The number of anilines is 2. The van der Waals surface area contributed by atoms with E-state index >= 15 is 0 Å². The van der Waals surface area contributed by atoms with E-state index in [1.165, 1.54) is 23.2 Å². The molecule has 0 amide bonds. The highest BCUT2D eigenvalue weighted by Gasteiger charge is 2.32. The van der Waals surface area contributed by atoms with Crippen LogP contribution in [0.2, 0.25) is 5.02 Å². The van der Waals surface area contributed by atoms with E-state index in [1.807, 2.05) is 0 Å². The Morgan fingerprint density at radius 2 is 1.81 bits per heavy atom. The van der Waals surface area contributed by atoms with Crippen LogP contribution < -0.4 is 10.2 Å². The number of allylic oxidation sites excluding steroid dienone is 1. The first kappa shape index (κ1) is 22.4. The standard InChI is InChI=1S/C23H19ClF3N3O/c1-30(2)22-14-17(23(25,26)27)13-20(29-22)15-6-5-7-16(12-15)21(31)10-11-28-19-9-4-3-8-18(19)24/h3-14,28H,1-2H3/b11-10+. The van der Waals surface area contributed by atoms with Gasteiger partial charge < -0.3 is 10.2 Å². The maximum Gasteiger partial charge on any atom is 0.416 e. The Morgan fingerprint density at radius 1 is 1.06 bits per heavy atom. The molecule has 0 spiro atoms. The summed E-state index contributed by atoms with van der Waals surface area (Å²) in [5.41, 5.74) is 0.701. The summed E-state index contributed by atoms with van der Waals surface area (Å²) in [5.74, 6) is -0.147. The van der Waals surface area contributed by atoms with Gasteiger partial charge in [-0.3, -0.25) is 4.79 Å². The Labute approximate surface area is 183 Å². The van der Waals surface area contributed by atoms with Gasteiger partial charge >= 0.3 is 6.18 Å². The average Bonchev–Trinajstić information content (AvgIpc) is 2.74. The van der Waals surface area contributed by atoms with Gasteiger partial charge in [0.1, 0.15) is 5.82 Å². The fourth-order valence-electron chi connectivity index (χ4n) is 2.77. The number of halogens is 4. The molecule has 0 saturated heterocycles. The second kappa shape index (κ2) is 9.22. The highest BCUT2D eigenvalue weighted by atomic mass is 35.5. The third-order valence-electron chi connectivity index (χ3n) is 4.39. The zero-order valence-corrected chi connectivity index (χ0v) is 17.5. The summed E-state index contributed by atoms with van der Waals surface area (Å²) in [6, 6.07) is 15.4. The van der Waals surface area contributed by atoms with Crippen molar-refractivity contribution in [3.05, 3.63) is 89.1 Å². The highest BCUT2D eigenvalue weighted by Crippen LogP contribution is 2.34. The number of nitrogens with one attached hydrogen (secondary N) is 1. The first-order valence-electron chi connectivity index (χ1n) is 9.24. The van der Waals surface area contributed by atoms with Crippen molar-refractivity contribution in [2.24, 2.45) is 0 Å². The summed E-state index contributed by atoms with van der Waals surface area (Å²) in [7, 11) is 3.23. The zero-order chi connectivity index (χ0) is 22.6. The molecule has 0 radical (unpaired) electrons. The molecule has 0 fully saturated rings. The van der Waals surface area contributed by atoms with E-state index in [4.69, 9.17) is 11.6 Å². The Morgan fingerprint density at radius 3 is 2.48 bits per heavy atom. The molecule has 1 N–H and O–H groups in total. The molecule has 160 valence electrons. The number of hydrogen-bond donors (Lipinski definition) is 1. The molecule has 0 atom stereocenters. The Hall–Kier alpha value is -3.32. The van der Waals surface area contributed by atoms with E-state index in [2.05, 4.69) is 10.3 Å². The van der Waals surface area contributed by atoms with Gasteiger partial charge in [-0.15, -0.1) is 0 Å². The Bertz CT molecular complexity index is 1130. The smallest absolute Gasteiger partial charge is 0.363 e. The van der Waals surface area contributed by atoms with E-state index in [9.17, 15) is 18.0 Å². The van der Waals surface area contributed by atoms with Crippen LogP contribution in [0.4, 0.5) is 24.7 Å². The molecule has 0 saturated carbocycles. The van der Waals surface area contributed by atoms with Crippen molar-refractivity contribution in [3.8, 4) is 11.3 Å². The number of pyridine rings is 1. The molecule has 0 unspecified atom stereocenters. The van der Waals surface area contributed by atoms with Gasteiger partial charge in [-0.1, -0.05) is 41.9 Å². The largest absolute Gasteiger partial charge is 0.416 e. The molecule has 2 aromatic carbocycles. The predicted octanol–water partition coefficient (Wildman–Crippen LogP) is 6.30. The van der Waals surface area contributed by atoms with Crippen LogP contribution in [0.3, 0.4) is 0 Å². The summed E-state index contributed by atoms with van der Waals surface area (Å²) >= 11 is 6.05. The topological polar surface area (TPSA) is 45.2 Å². The number of benzene rings is 2. The van der Waals surface area contributed by atoms with E-state index in [0.717, 1.165) is 12.1 Å². The first-order chi connectivity index (χ1) is 14.6. The molecular weight excluding hydrogens is 427 g/mol. The second-order valence-electron chi connectivity index (χ2n) is 6.89. The number of ketones is 1. The lowest BCUT2D eigenvalue weighted by atomic mass is 10.0. The van der Waals surface area contributed by atoms with Gasteiger partial charge in [0.05, 0.1) is 22.0 Å². The van der Waals surface area contributed by atoms with Crippen molar-refractivity contribution in [2.75, 3.05) is 24.3 Å². The number of nitrogens with zero attached hydrogens (tertiary/aromatic N) is 2. The van der Waals surface area contributed by atoms with Crippen LogP contribution in [0, 0.1) is 0 Å². The van der Waals surface area contributed by atoms with Gasteiger partial charge in [0.25, 0.3) is 0 Å². The lowest BCUT2D eigenvalue weighted by Gasteiger charge is -2.16. The number of aromatic nitrogens is 1. The molecule has 0 aliphatic rings. The highest BCUT2D eigenvalue weighted by molar-refractivity contribution is 6.33. The molecule has 1 heterocycles. The van der Waals surface area contributed by atoms with Crippen molar-refractivity contribution in [2.45, 2.75) is 6.18 Å². The van der Waals surface area contributed by atoms with Crippen LogP contribution in [0.15, 0.2) is 72.9 Å². The normalized spacial score (nSPS) is 11.5. The SMILES string of the molecule is CN(C)c1cc(C(F)(F)F)cc(-c2cccc(C(=O)/C=C/Nc3ccccc3Cl)c2)n1. The molecule has 0 aliphatic heterocycles. The molecule has 0 bridgehead atoms. The molecule has 8 heteroatoms. The molecular formula is C23H19ClF3N3O. The molecule has 3 rings (SSSR count). The summed E-state index contributed by atoms with van der Waals surface area (Å²) in [6.07, 6.45) is -1.72. The summed E-state index contributed by atoms with van der Waals surface area (Å²) < 4.78 is 39.9. The molecule has 31 heavy (non-hydrogen) atoms. The number of para-hydroxylation sites is 1. The number of carbonyl (C=O) groups excluding carboxylic acids is 1. The molecule has 1 aromatic heterocycles. The zero-order valence-electron chi connectivity index (χ0n) is 16.7. The van der Waals surface area contributed by atoms with E-state index in [0.29, 0.717) is 21.8 Å². The summed E-state index contributed by atoms with van der Waals surface area (Å²) in [6.45, 7) is 0. The van der Waals surface area contributed by atoms with Crippen LogP contribution >= 0.6 is 11.6 Å². The maximum absolute atomic E-state index is 13.3. The minimum Gasteiger partial charge on any atom is -0.363 e. The third-order valence-corrected chi connectivity index (χ3v) is 4.72. The number of alkyl halides is 3. The quantitative estimate of drug-likeness (QED) is 0.357. The number of carbonyl (C=O) groups is 1. The summed E-state index contributed by atoms with van der Waals surface area (Å²) in [4.78, 5) is 18.3. The van der Waals surface area contributed by atoms with Crippen LogP contribution in [-0.4, -0.2) is 24.9 Å². The van der Waals surface area contributed by atoms with Gasteiger partial charge in [-0.05, 0) is 30.3 Å². The van der Waals surface area contributed by atoms with Crippen molar-refractivity contribution >= 4 is 28.9 Å². The van der Waals surface area contributed by atoms with Gasteiger partial charge in [-0.2, -0.15) is 13.2 Å². The Balaban J connectivity index is 1.87. The number of hydrogen-bond acceptors (Lipinski definition) is 4.